The van der Waals surface area contributed by atoms with Crippen molar-refractivity contribution in [3.8, 4) is 5.75 Å². The van der Waals surface area contributed by atoms with Crippen molar-refractivity contribution in [2.75, 3.05) is 6.54 Å². The smallest absolute Gasteiger partial charge is 0.115 e. The molecule has 1 aromatic heterocycles. The maximum absolute atomic E-state index is 9.25. The molecule has 4 nitrogen and oxygen atoms in total. The summed E-state index contributed by atoms with van der Waals surface area (Å²) in [5, 5.41) is 13.4. The Bertz CT molecular complexity index is 461. The number of phenols is 1. The highest BCUT2D eigenvalue weighted by molar-refractivity contribution is 5.33. The molecule has 3 N–H and O–H groups in total. The second-order valence-electron chi connectivity index (χ2n) is 3.76. The third-order valence-electron chi connectivity index (χ3n) is 2.75. The average molecular weight is 217 g/mol. The molecule has 0 saturated heterocycles. The molecule has 2 rings (SSSR count). The van der Waals surface area contributed by atoms with Gasteiger partial charge in [0.15, 0.2) is 0 Å². The number of rotatable bonds is 3. The van der Waals surface area contributed by atoms with Crippen LogP contribution in [0.1, 0.15) is 17.2 Å². The summed E-state index contributed by atoms with van der Waals surface area (Å²) in [5.74, 6) is 0.387. The minimum Gasteiger partial charge on any atom is -0.508 e. The van der Waals surface area contributed by atoms with Gasteiger partial charge in [0.1, 0.15) is 5.75 Å². The maximum Gasteiger partial charge on any atom is 0.115 e. The molecule has 0 bridgehead atoms. The van der Waals surface area contributed by atoms with Crippen LogP contribution in [0.4, 0.5) is 0 Å². The van der Waals surface area contributed by atoms with Crippen LogP contribution in [-0.2, 0) is 7.05 Å². The first kappa shape index (κ1) is 10.7. The molecule has 2 aromatic rings. The number of aromatic nitrogens is 2. The molecular formula is C12H15N3O. The fourth-order valence-corrected chi connectivity index (χ4v) is 1.86. The molecule has 0 aliphatic carbocycles. The van der Waals surface area contributed by atoms with Crippen LogP contribution in [0.3, 0.4) is 0 Å². The average Bonchev–Trinajstić information content (AvgIpc) is 2.69. The van der Waals surface area contributed by atoms with Crippen LogP contribution >= 0.6 is 0 Å². The highest BCUT2D eigenvalue weighted by atomic mass is 16.3. The van der Waals surface area contributed by atoms with E-state index in [1.807, 2.05) is 29.9 Å². The zero-order valence-corrected chi connectivity index (χ0v) is 9.17. The summed E-state index contributed by atoms with van der Waals surface area (Å²) in [6, 6.07) is 9.09. The summed E-state index contributed by atoms with van der Waals surface area (Å²) in [4.78, 5) is 0. The Balaban J connectivity index is 2.37. The van der Waals surface area contributed by atoms with Gasteiger partial charge in [-0.3, -0.25) is 4.68 Å². The van der Waals surface area contributed by atoms with Crippen molar-refractivity contribution in [1.29, 1.82) is 0 Å². The zero-order chi connectivity index (χ0) is 11.5. The molecule has 0 saturated carbocycles. The predicted molar refractivity (Wildman–Crippen MR) is 62.2 cm³/mol. The number of phenolic OH excluding ortho intramolecular Hbond substituents is 1. The molecule has 1 aromatic carbocycles. The lowest BCUT2D eigenvalue weighted by atomic mass is 9.96. The van der Waals surface area contributed by atoms with Gasteiger partial charge in [-0.2, -0.15) is 5.10 Å². The first-order valence-corrected chi connectivity index (χ1v) is 5.19. The largest absolute Gasteiger partial charge is 0.508 e. The van der Waals surface area contributed by atoms with Crippen molar-refractivity contribution < 1.29 is 5.11 Å². The highest BCUT2D eigenvalue weighted by Crippen LogP contribution is 2.24. The number of benzene rings is 1. The minimum absolute atomic E-state index is 0.119. The quantitative estimate of drug-likeness (QED) is 0.812. The molecule has 0 spiro atoms. The van der Waals surface area contributed by atoms with Crippen LogP contribution in [0, 0.1) is 0 Å². The predicted octanol–water partition coefficient (Wildman–Crippen LogP) is 1.22. The number of nitrogens with two attached hydrogens (primary N) is 1. The fourth-order valence-electron chi connectivity index (χ4n) is 1.86. The Morgan fingerprint density at radius 1 is 1.31 bits per heavy atom. The summed E-state index contributed by atoms with van der Waals surface area (Å²) < 4.78 is 1.82. The van der Waals surface area contributed by atoms with E-state index in [9.17, 15) is 5.11 Å². The Labute approximate surface area is 94.3 Å². The molecule has 0 fully saturated rings. The van der Waals surface area contributed by atoms with E-state index in [-0.39, 0.29) is 11.7 Å². The van der Waals surface area contributed by atoms with E-state index in [4.69, 9.17) is 5.73 Å². The van der Waals surface area contributed by atoms with E-state index >= 15 is 0 Å². The lowest BCUT2D eigenvalue weighted by Gasteiger charge is -2.15. The zero-order valence-electron chi connectivity index (χ0n) is 9.17. The van der Waals surface area contributed by atoms with Crippen molar-refractivity contribution in [3.05, 3.63) is 47.8 Å². The van der Waals surface area contributed by atoms with Crippen molar-refractivity contribution >= 4 is 0 Å². The van der Waals surface area contributed by atoms with Crippen LogP contribution < -0.4 is 5.73 Å². The first-order chi connectivity index (χ1) is 7.72. The Morgan fingerprint density at radius 3 is 2.50 bits per heavy atom. The van der Waals surface area contributed by atoms with E-state index in [0.29, 0.717) is 6.54 Å². The van der Waals surface area contributed by atoms with Crippen molar-refractivity contribution in [2.45, 2.75) is 5.92 Å². The van der Waals surface area contributed by atoms with E-state index in [2.05, 4.69) is 5.10 Å². The number of hydrogen-bond acceptors (Lipinski definition) is 3. The number of hydrogen-bond donors (Lipinski definition) is 2. The topological polar surface area (TPSA) is 64.1 Å². The molecule has 84 valence electrons. The van der Waals surface area contributed by atoms with Gasteiger partial charge in [0, 0.05) is 31.4 Å². The molecule has 0 aliphatic heterocycles. The third kappa shape index (κ3) is 1.92. The van der Waals surface area contributed by atoms with Crippen LogP contribution in [0.5, 0.6) is 5.75 Å². The van der Waals surface area contributed by atoms with Crippen molar-refractivity contribution in [3.63, 3.8) is 0 Å². The minimum atomic E-state index is 0.119. The van der Waals surface area contributed by atoms with Gasteiger partial charge in [-0.25, -0.2) is 0 Å². The van der Waals surface area contributed by atoms with E-state index in [1.165, 1.54) is 0 Å². The first-order valence-electron chi connectivity index (χ1n) is 5.19. The van der Waals surface area contributed by atoms with Gasteiger partial charge in [0.2, 0.25) is 0 Å². The van der Waals surface area contributed by atoms with Crippen LogP contribution in [0.2, 0.25) is 0 Å². The SMILES string of the molecule is Cn1nccc1C(CN)c1ccc(O)cc1. The van der Waals surface area contributed by atoms with E-state index in [1.54, 1.807) is 18.3 Å². The van der Waals surface area contributed by atoms with Crippen LogP contribution in [0.25, 0.3) is 0 Å². The summed E-state index contributed by atoms with van der Waals surface area (Å²) in [7, 11) is 1.90. The summed E-state index contributed by atoms with van der Waals surface area (Å²) in [5.41, 5.74) is 7.96. The van der Waals surface area contributed by atoms with Crippen LogP contribution in [0.15, 0.2) is 36.5 Å². The number of aryl methyl sites for hydroxylation is 1. The molecular weight excluding hydrogens is 202 g/mol. The van der Waals surface area contributed by atoms with Gasteiger partial charge in [0.25, 0.3) is 0 Å². The summed E-state index contributed by atoms with van der Waals surface area (Å²) in [6.45, 7) is 0.518. The standard InChI is InChI=1S/C12H15N3O/c1-15-12(6-7-14-15)11(8-13)9-2-4-10(16)5-3-9/h2-7,11,16H,8,13H2,1H3. The molecule has 1 atom stereocenters. The molecule has 4 heteroatoms. The fraction of sp³-hybridized carbons (Fsp3) is 0.250. The van der Waals surface area contributed by atoms with Crippen LogP contribution in [-0.4, -0.2) is 21.4 Å². The molecule has 1 heterocycles. The lowest BCUT2D eigenvalue weighted by Crippen LogP contribution is -2.16. The van der Waals surface area contributed by atoms with Gasteiger partial charge >= 0.3 is 0 Å². The third-order valence-corrected chi connectivity index (χ3v) is 2.75. The number of aromatic hydroxyl groups is 1. The Morgan fingerprint density at radius 2 is 2.00 bits per heavy atom. The highest BCUT2D eigenvalue weighted by Gasteiger charge is 2.15. The molecule has 0 aliphatic rings. The molecule has 16 heavy (non-hydrogen) atoms. The van der Waals surface area contributed by atoms with Gasteiger partial charge in [0.05, 0.1) is 0 Å². The summed E-state index contributed by atoms with van der Waals surface area (Å²) >= 11 is 0. The van der Waals surface area contributed by atoms with E-state index < -0.39 is 0 Å². The second-order valence-corrected chi connectivity index (χ2v) is 3.76. The van der Waals surface area contributed by atoms with Gasteiger partial charge in [-0.1, -0.05) is 12.1 Å². The summed E-state index contributed by atoms with van der Waals surface area (Å²) in [6.07, 6.45) is 1.76. The van der Waals surface area contributed by atoms with Crippen molar-refractivity contribution in [2.24, 2.45) is 12.8 Å². The lowest BCUT2D eigenvalue weighted by molar-refractivity contribution is 0.475. The van der Waals surface area contributed by atoms with Crippen molar-refractivity contribution in [1.82, 2.24) is 9.78 Å². The normalized spacial score (nSPS) is 12.6. The molecule has 1 unspecified atom stereocenters. The Hall–Kier alpha value is -1.81. The molecule has 0 radical (unpaired) electrons. The second kappa shape index (κ2) is 4.37. The maximum atomic E-state index is 9.25. The van der Waals surface area contributed by atoms with Gasteiger partial charge < -0.3 is 10.8 Å². The molecule has 0 amide bonds. The number of nitrogens with zero attached hydrogens (tertiary/aromatic N) is 2. The van der Waals surface area contributed by atoms with E-state index in [0.717, 1.165) is 11.3 Å². The van der Waals surface area contributed by atoms with Gasteiger partial charge in [-0.05, 0) is 23.8 Å². The Kier molecular flexibility index (Phi) is 2.92. The van der Waals surface area contributed by atoms with Gasteiger partial charge in [-0.15, -0.1) is 0 Å². The monoisotopic (exact) mass is 217 g/mol.